The van der Waals surface area contributed by atoms with E-state index in [0.29, 0.717) is 24.7 Å². The molecular weight excluding hydrogens is 436 g/mol. The van der Waals surface area contributed by atoms with Gasteiger partial charge in [0.2, 0.25) is 11.8 Å². The molecule has 1 aliphatic rings. The Kier molecular flexibility index (Phi) is 7.65. The van der Waals surface area contributed by atoms with Crippen LogP contribution in [-0.2, 0) is 20.9 Å². The molecule has 6 nitrogen and oxygen atoms in total. The highest BCUT2D eigenvalue weighted by Gasteiger charge is 2.34. The molecule has 1 saturated heterocycles. The Bertz CT molecular complexity index is 1070. The minimum absolute atomic E-state index is 0.0187. The number of nitrogens with zero attached hydrogens (tertiary/aromatic N) is 1. The van der Waals surface area contributed by atoms with E-state index < -0.39 is 0 Å². The molecule has 0 unspecified atom stereocenters. The molecule has 1 heterocycles. The van der Waals surface area contributed by atoms with Crippen molar-refractivity contribution in [1.29, 1.82) is 0 Å². The van der Waals surface area contributed by atoms with E-state index in [9.17, 15) is 9.59 Å². The first-order valence-corrected chi connectivity index (χ1v) is 11.9. The van der Waals surface area contributed by atoms with Crippen LogP contribution in [0.3, 0.4) is 0 Å². The van der Waals surface area contributed by atoms with E-state index >= 15 is 0 Å². The van der Waals surface area contributed by atoms with Gasteiger partial charge in [0, 0.05) is 11.4 Å². The summed E-state index contributed by atoms with van der Waals surface area (Å²) < 4.78 is 11.0. The van der Waals surface area contributed by atoms with Gasteiger partial charge < -0.3 is 14.8 Å². The van der Waals surface area contributed by atoms with Crippen molar-refractivity contribution >= 4 is 35.0 Å². The zero-order valence-electron chi connectivity index (χ0n) is 18.4. The van der Waals surface area contributed by atoms with E-state index in [1.54, 1.807) is 11.8 Å². The van der Waals surface area contributed by atoms with Crippen LogP contribution in [0.25, 0.3) is 0 Å². The minimum atomic E-state index is -0.208. The molecule has 7 heteroatoms. The number of carbonyl (C=O) groups is 2. The maximum absolute atomic E-state index is 12.6. The number of nitrogens with one attached hydrogen (secondary N) is 1. The summed E-state index contributed by atoms with van der Waals surface area (Å²) in [5, 5.41) is 2.73. The van der Waals surface area contributed by atoms with Gasteiger partial charge in [-0.05, 0) is 54.4 Å². The topological polar surface area (TPSA) is 67.9 Å². The highest BCUT2D eigenvalue weighted by atomic mass is 32.2. The van der Waals surface area contributed by atoms with E-state index in [2.05, 4.69) is 5.32 Å². The van der Waals surface area contributed by atoms with Crippen molar-refractivity contribution in [3.63, 3.8) is 0 Å². The van der Waals surface area contributed by atoms with Gasteiger partial charge in [0.05, 0.1) is 19.0 Å². The number of ether oxygens (including phenoxy) is 2. The minimum Gasteiger partial charge on any atom is -0.494 e. The molecule has 0 spiro atoms. The Hall–Kier alpha value is -3.29. The van der Waals surface area contributed by atoms with Gasteiger partial charge in [-0.1, -0.05) is 42.5 Å². The van der Waals surface area contributed by atoms with E-state index in [4.69, 9.17) is 9.47 Å². The van der Waals surface area contributed by atoms with Gasteiger partial charge in [-0.3, -0.25) is 14.5 Å². The summed E-state index contributed by atoms with van der Waals surface area (Å²) in [6, 6.07) is 24.9. The van der Waals surface area contributed by atoms with Crippen LogP contribution in [0.1, 0.15) is 23.4 Å². The third-order valence-electron chi connectivity index (χ3n) is 5.12. The molecule has 1 fully saturated rings. The molecule has 33 heavy (non-hydrogen) atoms. The Labute approximate surface area is 197 Å². The molecule has 4 rings (SSSR count). The van der Waals surface area contributed by atoms with Gasteiger partial charge in [0.25, 0.3) is 0 Å². The molecule has 170 valence electrons. The monoisotopic (exact) mass is 462 g/mol. The molecule has 3 aromatic carbocycles. The lowest BCUT2D eigenvalue weighted by Crippen LogP contribution is -2.27. The van der Waals surface area contributed by atoms with Gasteiger partial charge in [0.15, 0.2) is 0 Å². The van der Waals surface area contributed by atoms with Crippen molar-refractivity contribution in [2.45, 2.75) is 18.9 Å². The van der Waals surface area contributed by atoms with Crippen molar-refractivity contribution < 1.29 is 19.1 Å². The smallest absolute Gasteiger partial charge is 0.250 e. The lowest BCUT2D eigenvalue weighted by Gasteiger charge is -2.24. The second-order valence-corrected chi connectivity index (χ2v) is 8.57. The Morgan fingerprint density at radius 3 is 2.45 bits per heavy atom. The van der Waals surface area contributed by atoms with Gasteiger partial charge in [-0.2, -0.15) is 0 Å². The van der Waals surface area contributed by atoms with Crippen molar-refractivity contribution in [3.8, 4) is 5.75 Å². The SMILES string of the molecule is CCOc1ccc(N2C(=O)CS[C@@H]2c2ccc(NC(=O)COCc3ccccc3)cc2)cc1. The first-order chi connectivity index (χ1) is 16.1. The van der Waals surface area contributed by atoms with Crippen molar-refractivity contribution in [2.24, 2.45) is 0 Å². The summed E-state index contributed by atoms with van der Waals surface area (Å²) in [5.41, 5.74) is 3.55. The predicted octanol–water partition coefficient (Wildman–Crippen LogP) is 5.02. The van der Waals surface area contributed by atoms with Crippen LogP contribution in [0.15, 0.2) is 78.9 Å². The van der Waals surface area contributed by atoms with Crippen molar-refractivity contribution in [1.82, 2.24) is 0 Å². The largest absolute Gasteiger partial charge is 0.494 e. The Balaban J connectivity index is 1.35. The van der Waals surface area contributed by atoms with Crippen molar-refractivity contribution in [2.75, 3.05) is 29.2 Å². The van der Waals surface area contributed by atoms with E-state index in [1.165, 1.54) is 0 Å². The first-order valence-electron chi connectivity index (χ1n) is 10.8. The fraction of sp³-hybridized carbons (Fsp3) is 0.231. The van der Waals surface area contributed by atoms with Gasteiger partial charge >= 0.3 is 0 Å². The summed E-state index contributed by atoms with van der Waals surface area (Å²) in [6.45, 7) is 2.91. The van der Waals surface area contributed by atoms with Crippen LogP contribution in [0.5, 0.6) is 5.75 Å². The number of hydrogen-bond acceptors (Lipinski definition) is 5. The average Bonchev–Trinajstić information content (AvgIpc) is 3.22. The van der Waals surface area contributed by atoms with Crippen LogP contribution in [0.4, 0.5) is 11.4 Å². The van der Waals surface area contributed by atoms with Crippen LogP contribution >= 0.6 is 11.8 Å². The summed E-state index contributed by atoms with van der Waals surface area (Å²) in [6.07, 6.45) is 0. The zero-order valence-corrected chi connectivity index (χ0v) is 19.2. The van der Waals surface area contributed by atoms with Gasteiger partial charge in [0.1, 0.15) is 17.7 Å². The molecule has 0 saturated carbocycles. The molecule has 0 bridgehead atoms. The number of benzene rings is 3. The fourth-order valence-electron chi connectivity index (χ4n) is 3.58. The van der Waals surface area contributed by atoms with E-state index in [-0.39, 0.29) is 23.8 Å². The number of amides is 2. The second-order valence-electron chi connectivity index (χ2n) is 7.50. The quantitative estimate of drug-likeness (QED) is 0.484. The van der Waals surface area contributed by atoms with Crippen molar-refractivity contribution in [3.05, 3.63) is 90.0 Å². The molecule has 1 aliphatic heterocycles. The molecule has 3 aromatic rings. The Morgan fingerprint density at radius 1 is 1.03 bits per heavy atom. The molecule has 2 amide bonds. The van der Waals surface area contributed by atoms with E-state index in [0.717, 1.165) is 22.6 Å². The summed E-state index contributed by atoms with van der Waals surface area (Å²) in [5.74, 6) is 1.07. The number of rotatable bonds is 9. The molecule has 1 N–H and O–H groups in total. The third kappa shape index (κ3) is 5.94. The van der Waals surface area contributed by atoms with Crippen LogP contribution in [0, 0.1) is 0 Å². The summed E-state index contributed by atoms with van der Waals surface area (Å²) in [4.78, 5) is 26.6. The number of carbonyl (C=O) groups excluding carboxylic acids is 2. The molecule has 1 atom stereocenters. The van der Waals surface area contributed by atoms with Crippen LogP contribution in [-0.4, -0.2) is 30.8 Å². The number of thioether (sulfide) groups is 1. The molecule has 0 aromatic heterocycles. The van der Waals surface area contributed by atoms with Gasteiger partial charge in [-0.25, -0.2) is 0 Å². The lowest BCUT2D eigenvalue weighted by molar-refractivity contribution is -0.121. The zero-order chi connectivity index (χ0) is 23.0. The maximum atomic E-state index is 12.6. The standard InChI is InChI=1S/C26H26N2O4S/c1-2-32-23-14-12-22(13-15-23)28-25(30)18-33-26(28)20-8-10-21(11-9-20)27-24(29)17-31-16-19-6-4-3-5-7-19/h3-15,26H,2,16-18H2,1H3,(H,27,29)/t26-/m1/s1. The number of hydrogen-bond donors (Lipinski definition) is 1. The highest BCUT2D eigenvalue weighted by molar-refractivity contribution is 8.00. The molecular formula is C26H26N2O4S. The fourth-order valence-corrected chi connectivity index (χ4v) is 4.76. The van der Waals surface area contributed by atoms with Crippen LogP contribution < -0.4 is 15.0 Å². The van der Waals surface area contributed by atoms with Crippen LogP contribution in [0.2, 0.25) is 0 Å². The predicted molar refractivity (Wildman–Crippen MR) is 131 cm³/mol. The van der Waals surface area contributed by atoms with Gasteiger partial charge in [-0.15, -0.1) is 11.8 Å². The Morgan fingerprint density at radius 2 is 1.76 bits per heavy atom. The summed E-state index contributed by atoms with van der Waals surface area (Å²) >= 11 is 1.59. The summed E-state index contributed by atoms with van der Waals surface area (Å²) in [7, 11) is 0. The normalized spacial score (nSPS) is 15.5. The number of anilines is 2. The van der Waals surface area contributed by atoms with E-state index in [1.807, 2.05) is 90.7 Å². The third-order valence-corrected chi connectivity index (χ3v) is 6.33. The molecule has 0 radical (unpaired) electrons. The lowest BCUT2D eigenvalue weighted by atomic mass is 10.1. The second kappa shape index (κ2) is 11.0. The maximum Gasteiger partial charge on any atom is 0.250 e. The molecule has 0 aliphatic carbocycles. The highest BCUT2D eigenvalue weighted by Crippen LogP contribution is 2.42. The first kappa shape index (κ1) is 22.9. The average molecular weight is 463 g/mol.